The molecule has 0 saturated carbocycles. The van der Waals surface area contributed by atoms with Gasteiger partial charge in [0.25, 0.3) is 0 Å². The molecule has 198 valence electrons. The van der Waals surface area contributed by atoms with Gasteiger partial charge in [-0.1, -0.05) is 51.8 Å². The van der Waals surface area contributed by atoms with E-state index in [4.69, 9.17) is 4.74 Å². The van der Waals surface area contributed by atoms with E-state index in [9.17, 15) is 19.5 Å². The van der Waals surface area contributed by atoms with Crippen molar-refractivity contribution in [2.75, 3.05) is 18.5 Å². The number of amides is 3. The highest BCUT2D eigenvalue weighted by molar-refractivity contribution is 6.02. The Morgan fingerprint density at radius 3 is 2.53 bits per heavy atom. The van der Waals surface area contributed by atoms with Crippen molar-refractivity contribution in [3.8, 4) is 0 Å². The molecule has 3 fully saturated rings. The molecule has 3 heterocycles. The van der Waals surface area contributed by atoms with Gasteiger partial charge in [0, 0.05) is 12.2 Å². The summed E-state index contributed by atoms with van der Waals surface area (Å²) in [5.41, 5.74) is -1.26. The van der Waals surface area contributed by atoms with Gasteiger partial charge in [0.2, 0.25) is 17.7 Å². The second-order valence-electron chi connectivity index (χ2n) is 11.3. The second-order valence-corrected chi connectivity index (χ2v) is 11.3. The summed E-state index contributed by atoms with van der Waals surface area (Å²) >= 11 is 0. The number of rotatable bonds is 11. The average molecular weight is 500 g/mol. The first-order valence-electron chi connectivity index (χ1n) is 13.5. The van der Waals surface area contributed by atoms with Crippen molar-refractivity contribution in [2.24, 2.45) is 17.8 Å². The molecule has 0 radical (unpaired) electrons. The van der Waals surface area contributed by atoms with Crippen LogP contribution in [-0.4, -0.2) is 64.2 Å². The van der Waals surface area contributed by atoms with E-state index in [-0.39, 0.29) is 30.2 Å². The third-order valence-corrected chi connectivity index (χ3v) is 8.21. The summed E-state index contributed by atoms with van der Waals surface area (Å²) in [5.74, 6) is -2.06. The molecule has 2 unspecified atom stereocenters. The predicted octanol–water partition coefficient (Wildman–Crippen LogP) is 3.10. The fourth-order valence-electron chi connectivity index (χ4n) is 6.70. The molecule has 3 aliphatic rings. The second kappa shape index (κ2) is 10.5. The highest BCUT2D eigenvalue weighted by Gasteiger charge is 2.78. The standard InChI is InChI=1S/C28H41N3O5/c1-5-6-10-15-29-25(34)23-28-14-13-27(4,36-28)21(24(33)30-19-11-8-7-9-12-19)22(28)26(35)31(23)20(17-32)16-18(2)3/h7-9,11-12,18,20-23,32H,5-6,10,13-17H2,1-4H3,(H,29,34)(H,30,33)/t20-,21-,22+,23?,27+,28?/m1/s1. The van der Waals surface area contributed by atoms with Gasteiger partial charge in [0.15, 0.2) is 0 Å². The van der Waals surface area contributed by atoms with Gasteiger partial charge in [-0.25, -0.2) is 0 Å². The van der Waals surface area contributed by atoms with E-state index >= 15 is 0 Å². The van der Waals surface area contributed by atoms with Crippen molar-refractivity contribution in [1.29, 1.82) is 0 Å². The Morgan fingerprint density at radius 2 is 1.89 bits per heavy atom. The third kappa shape index (κ3) is 4.54. The minimum absolute atomic E-state index is 0.216. The fourth-order valence-corrected chi connectivity index (χ4v) is 6.70. The van der Waals surface area contributed by atoms with Crippen molar-refractivity contribution in [2.45, 2.75) is 89.5 Å². The van der Waals surface area contributed by atoms with Crippen molar-refractivity contribution in [3.63, 3.8) is 0 Å². The first-order chi connectivity index (χ1) is 17.2. The van der Waals surface area contributed by atoms with Crippen LogP contribution >= 0.6 is 0 Å². The zero-order chi connectivity index (χ0) is 26.1. The normalized spacial score (nSPS) is 31.6. The highest BCUT2D eigenvalue weighted by Crippen LogP contribution is 2.63. The fraction of sp³-hybridized carbons (Fsp3) is 0.679. The number of nitrogens with zero attached hydrogens (tertiary/aromatic N) is 1. The summed E-state index contributed by atoms with van der Waals surface area (Å²) in [7, 11) is 0. The Morgan fingerprint density at radius 1 is 1.17 bits per heavy atom. The summed E-state index contributed by atoms with van der Waals surface area (Å²) in [6.45, 7) is 8.33. The van der Waals surface area contributed by atoms with Crippen LogP contribution in [0.1, 0.15) is 66.2 Å². The predicted molar refractivity (Wildman–Crippen MR) is 137 cm³/mol. The molecule has 1 aromatic carbocycles. The first-order valence-corrected chi connectivity index (χ1v) is 13.5. The van der Waals surface area contributed by atoms with Crippen LogP contribution in [0.25, 0.3) is 0 Å². The average Bonchev–Trinajstić information content (AvgIpc) is 3.41. The number of hydrogen-bond donors (Lipinski definition) is 3. The molecule has 3 saturated heterocycles. The van der Waals surface area contributed by atoms with E-state index < -0.39 is 35.1 Å². The number of fused-ring (bicyclic) bond motifs is 1. The van der Waals surface area contributed by atoms with Gasteiger partial charge < -0.3 is 25.4 Å². The number of carbonyl (C=O) groups excluding carboxylic acids is 3. The lowest BCUT2D eigenvalue weighted by molar-refractivity contribution is -0.149. The molecule has 0 aromatic heterocycles. The Hall–Kier alpha value is -2.45. The topological polar surface area (TPSA) is 108 Å². The monoisotopic (exact) mass is 499 g/mol. The number of aliphatic hydroxyl groups is 1. The maximum Gasteiger partial charge on any atom is 0.245 e. The van der Waals surface area contributed by atoms with Crippen LogP contribution in [0.15, 0.2) is 30.3 Å². The number of aliphatic hydroxyl groups excluding tert-OH is 1. The van der Waals surface area contributed by atoms with Crippen LogP contribution in [0.2, 0.25) is 0 Å². The molecule has 8 nitrogen and oxygen atoms in total. The van der Waals surface area contributed by atoms with Crippen molar-refractivity contribution in [1.82, 2.24) is 10.2 Å². The van der Waals surface area contributed by atoms with Gasteiger partial charge >= 0.3 is 0 Å². The number of benzene rings is 1. The molecular formula is C28H41N3O5. The van der Waals surface area contributed by atoms with E-state index in [2.05, 4.69) is 17.6 Å². The van der Waals surface area contributed by atoms with Gasteiger partial charge in [-0.05, 0) is 50.7 Å². The maximum atomic E-state index is 14.1. The van der Waals surface area contributed by atoms with Crippen molar-refractivity contribution < 1.29 is 24.2 Å². The number of nitrogens with one attached hydrogen (secondary N) is 2. The summed E-state index contributed by atoms with van der Waals surface area (Å²) in [4.78, 5) is 43.0. The molecule has 3 amide bonds. The Kier molecular flexibility index (Phi) is 7.76. The lowest BCUT2D eigenvalue weighted by atomic mass is 9.66. The van der Waals surface area contributed by atoms with Crippen LogP contribution in [-0.2, 0) is 19.1 Å². The van der Waals surface area contributed by atoms with Gasteiger partial charge in [-0.2, -0.15) is 0 Å². The molecule has 36 heavy (non-hydrogen) atoms. The minimum atomic E-state index is -1.08. The van der Waals surface area contributed by atoms with E-state index in [0.717, 1.165) is 19.3 Å². The van der Waals surface area contributed by atoms with E-state index in [0.29, 0.717) is 31.5 Å². The molecule has 3 N–H and O–H groups in total. The quantitative estimate of drug-likeness (QED) is 0.406. The smallest absolute Gasteiger partial charge is 0.245 e. The van der Waals surface area contributed by atoms with Crippen LogP contribution in [0.4, 0.5) is 5.69 Å². The molecule has 3 aliphatic heterocycles. The Balaban J connectivity index is 1.69. The van der Waals surface area contributed by atoms with Crippen molar-refractivity contribution in [3.05, 3.63) is 30.3 Å². The molecule has 0 aliphatic carbocycles. The highest BCUT2D eigenvalue weighted by atomic mass is 16.5. The Bertz CT molecular complexity index is 969. The summed E-state index contributed by atoms with van der Waals surface area (Å²) in [6.07, 6.45) is 4.57. The number of hydrogen-bond acceptors (Lipinski definition) is 5. The van der Waals surface area contributed by atoms with Gasteiger partial charge in [0.05, 0.1) is 30.1 Å². The number of unbranched alkanes of at least 4 members (excludes halogenated alkanes) is 2. The number of carbonyl (C=O) groups is 3. The number of likely N-dealkylation sites (tertiary alicyclic amines) is 1. The van der Waals surface area contributed by atoms with E-state index in [1.165, 1.54) is 0 Å². The van der Waals surface area contributed by atoms with Gasteiger partial charge in [-0.3, -0.25) is 14.4 Å². The number of para-hydroxylation sites is 1. The molecule has 2 bridgehead atoms. The summed E-state index contributed by atoms with van der Waals surface area (Å²) < 4.78 is 6.64. The van der Waals surface area contributed by atoms with E-state index in [1.54, 1.807) is 4.90 Å². The SMILES string of the molecule is CCCCCNC(=O)C1N([C@@H](CO)CC(C)C)C(=O)[C@@H]2[C@H](C(=O)Nc3ccccc3)[C@]3(C)CCC12O3. The molecule has 1 spiro atoms. The minimum Gasteiger partial charge on any atom is -0.394 e. The lowest BCUT2D eigenvalue weighted by Gasteiger charge is -2.37. The Labute approximate surface area is 214 Å². The molecule has 6 atom stereocenters. The van der Waals surface area contributed by atoms with Crippen LogP contribution in [0.5, 0.6) is 0 Å². The van der Waals surface area contributed by atoms with Crippen LogP contribution in [0, 0.1) is 17.8 Å². The van der Waals surface area contributed by atoms with Gasteiger partial charge in [-0.15, -0.1) is 0 Å². The van der Waals surface area contributed by atoms with Crippen LogP contribution < -0.4 is 10.6 Å². The lowest BCUT2D eigenvalue weighted by Crippen LogP contribution is -2.58. The van der Waals surface area contributed by atoms with E-state index in [1.807, 2.05) is 51.1 Å². The summed E-state index contributed by atoms with van der Waals surface area (Å²) in [6, 6.07) is 7.79. The maximum absolute atomic E-state index is 14.1. The van der Waals surface area contributed by atoms with Gasteiger partial charge in [0.1, 0.15) is 11.6 Å². The number of ether oxygens (including phenoxy) is 1. The molecule has 4 rings (SSSR count). The molecular weight excluding hydrogens is 458 g/mol. The van der Waals surface area contributed by atoms with Crippen molar-refractivity contribution >= 4 is 23.4 Å². The zero-order valence-electron chi connectivity index (χ0n) is 22.0. The molecule has 8 heteroatoms. The largest absolute Gasteiger partial charge is 0.394 e. The first kappa shape index (κ1) is 26.6. The molecule has 1 aromatic rings. The third-order valence-electron chi connectivity index (χ3n) is 8.21. The zero-order valence-corrected chi connectivity index (χ0v) is 22.0. The van der Waals surface area contributed by atoms with Crippen LogP contribution in [0.3, 0.4) is 0 Å². The summed E-state index contributed by atoms with van der Waals surface area (Å²) in [5, 5.41) is 16.3. The number of anilines is 1.